The molecular formula is C9H9BrN2O2. The number of hydrogen-bond acceptors (Lipinski definition) is 4. The number of pyridine rings is 1. The van der Waals surface area contributed by atoms with E-state index < -0.39 is 5.97 Å². The van der Waals surface area contributed by atoms with E-state index in [0.29, 0.717) is 5.69 Å². The molecule has 0 atom stereocenters. The average molecular weight is 257 g/mol. The first-order valence-corrected chi connectivity index (χ1v) is 4.60. The zero-order valence-electron chi connectivity index (χ0n) is 7.53. The molecule has 0 amide bonds. The van der Waals surface area contributed by atoms with Gasteiger partial charge in [0.15, 0.2) is 0 Å². The topological polar surface area (TPSA) is 65.2 Å². The fourth-order valence-electron chi connectivity index (χ4n) is 0.920. The Morgan fingerprint density at radius 3 is 2.93 bits per heavy atom. The number of nitrogens with zero attached hydrogens (tertiary/aromatic N) is 1. The van der Waals surface area contributed by atoms with Crippen molar-refractivity contribution in [2.75, 3.05) is 7.11 Å². The molecule has 0 radical (unpaired) electrons. The molecule has 0 fully saturated rings. The average Bonchev–Trinajstić information content (AvgIpc) is 2.19. The van der Waals surface area contributed by atoms with Crippen molar-refractivity contribution >= 4 is 27.5 Å². The summed E-state index contributed by atoms with van der Waals surface area (Å²) in [5.74, 6) is -0.502. The Labute approximate surface area is 89.9 Å². The summed E-state index contributed by atoms with van der Waals surface area (Å²) in [5.41, 5.74) is 6.04. The van der Waals surface area contributed by atoms with Gasteiger partial charge in [-0.25, -0.2) is 4.79 Å². The predicted octanol–water partition coefficient (Wildman–Crippen LogP) is 1.32. The SMILES string of the molecule is COC(=O)/C(=C/N)c1cc(Br)ccn1. The summed E-state index contributed by atoms with van der Waals surface area (Å²) in [6.07, 6.45) is 2.76. The number of carbonyl (C=O) groups is 1. The maximum atomic E-state index is 11.2. The Balaban J connectivity index is 3.08. The molecule has 0 aromatic carbocycles. The van der Waals surface area contributed by atoms with Gasteiger partial charge in [-0.05, 0) is 12.1 Å². The number of aromatic nitrogens is 1. The summed E-state index contributed by atoms with van der Waals surface area (Å²) in [7, 11) is 1.30. The Morgan fingerprint density at radius 2 is 2.43 bits per heavy atom. The van der Waals surface area contributed by atoms with E-state index in [1.807, 2.05) is 0 Å². The standard InChI is InChI=1S/C9H9BrN2O2/c1-14-9(13)7(5-11)8-4-6(10)2-3-12-8/h2-5H,11H2,1H3/b7-5+. The molecule has 2 N–H and O–H groups in total. The number of ether oxygens (including phenoxy) is 1. The molecule has 0 spiro atoms. The van der Waals surface area contributed by atoms with Crippen molar-refractivity contribution in [1.82, 2.24) is 4.98 Å². The van der Waals surface area contributed by atoms with Gasteiger partial charge < -0.3 is 10.5 Å². The minimum atomic E-state index is -0.502. The lowest BCUT2D eigenvalue weighted by molar-refractivity contribution is -0.133. The molecule has 0 saturated carbocycles. The third-order valence-corrected chi connectivity index (χ3v) is 2.06. The minimum Gasteiger partial charge on any atom is -0.465 e. The molecule has 1 aromatic rings. The zero-order valence-corrected chi connectivity index (χ0v) is 9.11. The molecule has 5 heteroatoms. The molecule has 74 valence electrons. The Morgan fingerprint density at radius 1 is 1.71 bits per heavy atom. The first-order chi connectivity index (χ1) is 6.69. The quantitative estimate of drug-likeness (QED) is 0.641. The highest BCUT2D eigenvalue weighted by Crippen LogP contribution is 2.16. The molecule has 1 aromatic heterocycles. The predicted molar refractivity (Wildman–Crippen MR) is 56.1 cm³/mol. The monoisotopic (exact) mass is 256 g/mol. The zero-order chi connectivity index (χ0) is 10.6. The number of carbonyl (C=O) groups excluding carboxylic acids is 1. The molecular weight excluding hydrogens is 248 g/mol. The third kappa shape index (κ3) is 2.32. The van der Waals surface area contributed by atoms with E-state index in [1.54, 1.807) is 18.3 Å². The van der Waals surface area contributed by atoms with Crippen molar-refractivity contribution in [2.45, 2.75) is 0 Å². The van der Waals surface area contributed by atoms with Gasteiger partial charge in [-0.15, -0.1) is 0 Å². The van der Waals surface area contributed by atoms with E-state index in [0.717, 1.165) is 4.47 Å². The number of hydrogen-bond donors (Lipinski definition) is 1. The molecule has 1 heterocycles. The summed E-state index contributed by atoms with van der Waals surface area (Å²) in [6, 6.07) is 3.45. The third-order valence-electron chi connectivity index (χ3n) is 1.57. The number of halogens is 1. The van der Waals surface area contributed by atoms with Gasteiger partial charge in [0.1, 0.15) is 5.57 Å². The molecule has 1 rings (SSSR count). The van der Waals surface area contributed by atoms with Crippen LogP contribution in [-0.4, -0.2) is 18.1 Å². The van der Waals surface area contributed by atoms with Crippen molar-refractivity contribution < 1.29 is 9.53 Å². The van der Waals surface area contributed by atoms with Gasteiger partial charge in [-0.2, -0.15) is 0 Å². The number of esters is 1. The molecule has 0 aliphatic heterocycles. The Bertz CT molecular complexity index is 377. The number of nitrogens with two attached hydrogens (primary N) is 1. The highest BCUT2D eigenvalue weighted by molar-refractivity contribution is 9.10. The maximum Gasteiger partial charge on any atom is 0.341 e. The van der Waals surface area contributed by atoms with Crippen LogP contribution in [-0.2, 0) is 9.53 Å². The van der Waals surface area contributed by atoms with Crippen molar-refractivity contribution in [1.29, 1.82) is 0 Å². The van der Waals surface area contributed by atoms with Crippen molar-refractivity contribution in [3.05, 3.63) is 34.7 Å². The lowest BCUT2D eigenvalue weighted by atomic mass is 10.2. The normalized spacial score (nSPS) is 11.1. The molecule has 0 bridgehead atoms. The van der Waals surface area contributed by atoms with Gasteiger partial charge >= 0.3 is 5.97 Å². The summed E-state index contributed by atoms with van der Waals surface area (Å²) in [6.45, 7) is 0. The number of rotatable bonds is 2. The number of methoxy groups -OCH3 is 1. The van der Waals surface area contributed by atoms with Crippen LogP contribution in [0.1, 0.15) is 5.69 Å². The van der Waals surface area contributed by atoms with Gasteiger partial charge in [0.2, 0.25) is 0 Å². The van der Waals surface area contributed by atoms with E-state index in [1.165, 1.54) is 13.3 Å². The second kappa shape index (κ2) is 4.76. The summed E-state index contributed by atoms with van der Waals surface area (Å²) in [5, 5.41) is 0. The smallest absolute Gasteiger partial charge is 0.341 e. The van der Waals surface area contributed by atoms with Gasteiger partial charge in [-0.3, -0.25) is 4.98 Å². The van der Waals surface area contributed by atoms with Crippen molar-refractivity contribution in [2.24, 2.45) is 5.73 Å². The highest BCUT2D eigenvalue weighted by atomic mass is 79.9. The summed E-state index contributed by atoms with van der Waals surface area (Å²) >= 11 is 3.27. The lowest BCUT2D eigenvalue weighted by Crippen LogP contribution is -2.07. The van der Waals surface area contributed by atoms with Crippen molar-refractivity contribution in [3.63, 3.8) is 0 Å². The van der Waals surface area contributed by atoms with Crippen molar-refractivity contribution in [3.8, 4) is 0 Å². The molecule has 4 nitrogen and oxygen atoms in total. The van der Waals surface area contributed by atoms with Crippen LogP contribution in [0.4, 0.5) is 0 Å². The van der Waals surface area contributed by atoms with Crippen LogP contribution in [0.15, 0.2) is 29.0 Å². The van der Waals surface area contributed by atoms with Crippen LogP contribution in [0.2, 0.25) is 0 Å². The van der Waals surface area contributed by atoms with Crippen LogP contribution in [0, 0.1) is 0 Å². The summed E-state index contributed by atoms with van der Waals surface area (Å²) in [4.78, 5) is 15.2. The first-order valence-electron chi connectivity index (χ1n) is 3.81. The van der Waals surface area contributed by atoms with Gasteiger partial charge in [0, 0.05) is 16.9 Å². The van der Waals surface area contributed by atoms with Gasteiger partial charge in [-0.1, -0.05) is 15.9 Å². The van der Waals surface area contributed by atoms with E-state index >= 15 is 0 Å². The summed E-state index contributed by atoms with van der Waals surface area (Å²) < 4.78 is 5.38. The minimum absolute atomic E-state index is 0.244. The molecule has 0 unspecified atom stereocenters. The van der Waals surface area contributed by atoms with E-state index in [2.05, 4.69) is 25.7 Å². The highest BCUT2D eigenvalue weighted by Gasteiger charge is 2.12. The molecule has 0 aliphatic carbocycles. The Kier molecular flexibility index (Phi) is 3.64. The molecule has 0 aliphatic rings. The van der Waals surface area contributed by atoms with E-state index in [9.17, 15) is 4.79 Å². The fraction of sp³-hybridized carbons (Fsp3) is 0.111. The first kappa shape index (κ1) is 10.7. The second-order valence-corrected chi connectivity index (χ2v) is 3.35. The van der Waals surface area contributed by atoms with E-state index in [-0.39, 0.29) is 5.57 Å². The van der Waals surface area contributed by atoms with Gasteiger partial charge in [0.25, 0.3) is 0 Å². The van der Waals surface area contributed by atoms with Crippen LogP contribution in [0.3, 0.4) is 0 Å². The molecule has 0 saturated heterocycles. The van der Waals surface area contributed by atoms with Crippen LogP contribution in [0.5, 0.6) is 0 Å². The fourth-order valence-corrected chi connectivity index (χ4v) is 1.26. The van der Waals surface area contributed by atoms with Crippen LogP contribution in [0.25, 0.3) is 5.57 Å². The second-order valence-electron chi connectivity index (χ2n) is 2.43. The lowest BCUT2D eigenvalue weighted by Gasteiger charge is -2.03. The van der Waals surface area contributed by atoms with E-state index in [4.69, 9.17) is 5.73 Å². The van der Waals surface area contributed by atoms with Gasteiger partial charge in [0.05, 0.1) is 12.8 Å². The van der Waals surface area contributed by atoms with Crippen LogP contribution < -0.4 is 5.73 Å². The molecule has 14 heavy (non-hydrogen) atoms. The largest absolute Gasteiger partial charge is 0.465 e. The maximum absolute atomic E-state index is 11.2. The Hall–Kier alpha value is -1.36. The van der Waals surface area contributed by atoms with Crippen LogP contribution >= 0.6 is 15.9 Å².